The Bertz CT molecular complexity index is 466. The van der Waals surface area contributed by atoms with Crippen molar-refractivity contribution < 1.29 is 9.53 Å². The number of morpholine rings is 1. The highest BCUT2D eigenvalue weighted by atomic mass is 32.2. The summed E-state index contributed by atoms with van der Waals surface area (Å²) in [7, 11) is 0. The third kappa shape index (κ3) is 4.61. The first-order valence-electron chi connectivity index (χ1n) is 7.22. The molecule has 0 unspecified atom stereocenters. The Morgan fingerprint density at radius 3 is 3.05 bits per heavy atom. The molecule has 2 heterocycles. The Morgan fingerprint density at radius 1 is 1.62 bits per heavy atom. The fourth-order valence-corrected chi connectivity index (χ4v) is 2.47. The standard InChI is InChI=1S/C15H23N3O2S/c1-11-10-18(6-7-20-11)14-5-4-13(8-16-14)9-17-15(19)12(2)21-3/h4-5,8,11-12H,6-7,9-10H2,1-3H3,(H,17,19)/t11-,12-/m0/s1. The Morgan fingerprint density at radius 2 is 2.43 bits per heavy atom. The van der Waals surface area contributed by atoms with Gasteiger partial charge in [0.1, 0.15) is 5.82 Å². The summed E-state index contributed by atoms with van der Waals surface area (Å²) in [6.45, 7) is 6.99. The van der Waals surface area contributed by atoms with Crippen LogP contribution in [0.2, 0.25) is 0 Å². The number of anilines is 1. The molecule has 0 saturated carbocycles. The minimum atomic E-state index is -0.0212. The molecule has 2 atom stereocenters. The topological polar surface area (TPSA) is 54.5 Å². The van der Waals surface area contributed by atoms with Crippen molar-refractivity contribution in [1.82, 2.24) is 10.3 Å². The fourth-order valence-electron chi connectivity index (χ4n) is 2.17. The maximum Gasteiger partial charge on any atom is 0.233 e. The molecule has 1 aromatic rings. The molecule has 0 aromatic carbocycles. The van der Waals surface area contributed by atoms with Gasteiger partial charge in [-0.1, -0.05) is 6.07 Å². The third-order valence-electron chi connectivity index (χ3n) is 3.56. The summed E-state index contributed by atoms with van der Waals surface area (Å²) in [4.78, 5) is 18.4. The van der Waals surface area contributed by atoms with Gasteiger partial charge in [0.15, 0.2) is 0 Å². The molecule has 1 fully saturated rings. The van der Waals surface area contributed by atoms with Gasteiger partial charge in [-0.25, -0.2) is 4.98 Å². The molecule has 1 amide bonds. The van der Waals surface area contributed by atoms with E-state index in [9.17, 15) is 4.79 Å². The number of nitrogens with one attached hydrogen (secondary N) is 1. The molecule has 2 rings (SSSR count). The summed E-state index contributed by atoms with van der Waals surface area (Å²) >= 11 is 1.54. The van der Waals surface area contributed by atoms with Crippen LogP contribution in [-0.4, -0.2) is 48.2 Å². The Labute approximate surface area is 130 Å². The molecule has 1 aliphatic heterocycles. The molecule has 21 heavy (non-hydrogen) atoms. The van der Waals surface area contributed by atoms with Crippen LogP contribution in [0.25, 0.3) is 0 Å². The predicted molar refractivity (Wildman–Crippen MR) is 86.7 cm³/mol. The van der Waals surface area contributed by atoms with E-state index in [1.165, 1.54) is 0 Å². The van der Waals surface area contributed by atoms with Crippen LogP contribution in [0.3, 0.4) is 0 Å². The normalized spacial score (nSPS) is 20.1. The number of ether oxygens (including phenoxy) is 1. The fraction of sp³-hybridized carbons (Fsp3) is 0.600. The van der Waals surface area contributed by atoms with E-state index in [1.54, 1.807) is 11.8 Å². The molecule has 116 valence electrons. The van der Waals surface area contributed by atoms with E-state index in [0.717, 1.165) is 31.1 Å². The monoisotopic (exact) mass is 309 g/mol. The molecular formula is C15H23N3O2S. The van der Waals surface area contributed by atoms with Crippen LogP contribution in [0.5, 0.6) is 0 Å². The molecule has 0 aliphatic carbocycles. The predicted octanol–water partition coefficient (Wildman–Crippen LogP) is 1.67. The molecule has 1 aliphatic rings. The number of carbonyl (C=O) groups is 1. The lowest BCUT2D eigenvalue weighted by Crippen LogP contribution is -2.41. The van der Waals surface area contributed by atoms with Gasteiger partial charge < -0.3 is 15.0 Å². The number of thioether (sulfide) groups is 1. The highest BCUT2D eigenvalue weighted by molar-refractivity contribution is 7.99. The summed E-state index contributed by atoms with van der Waals surface area (Å²) in [5, 5.41) is 2.90. The number of aromatic nitrogens is 1. The third-order valence-corrected chi connectivity index (χ3v) is 4.48. The zero-order valence-electron chi connectivity index (χ0n) is 12.8. The van der Waals surface area contributed by atoms with Crippen molar-refractivity contribution in [3.63, 3.8) is 0 Å². The smallest absolute Gasteiger partial charge is 0.233 e. The lowest BCUT2D eigenvalue weighted by atomic mass is 10.2. The van der Waals surface area contributed by atoms with E-state index in [0.29, 0.717) is 6.54 Å². The van der Waals surface area contributed by atoms with Crippen molar-refractivity contribution in [1.29, 1.82) is 0 Å². The number of amides is 1. The number of nitrogens with zero attached hydrogens (tertiary/aromatic N) is 2. The van der Waals surface area contributed by atoms with Crippen molar-refractivity contribution in [2.75, 3.05) is 30.9 Å². The van der Waals surface area contributed by atoms with Gasteiger partial charge >= 0.3 is 0 Å². The van der Waals surface area contributed by atoms with Gasteiger partial charge in [0.25, 0.3) is 0 Å². The zero-order chi connectivity index (χ0) is 15.2. The van der Waals surface area contributed by atoms with Gasteiger partial charge in [0.05, 0.1) is 18.0 Å². The van der Waals surface area contributed by atoms with E-state index < -0.39 is 0 Å². The van der Waals surface area contributed by atoms with E-state index in [2.05, 4.69) is 22.1 Å². The van der Waals surface area contributed by atoms with Crippen molar-refractivity contribution >= 4 is 23.5 Å². The first-order chi connectivity index (χ1) is 10.1. The van der Waals surface area contributed by atoms with E-state index in [1.807, 2.05) is 31.5 Å². The zero-order valence-corrected chi connectivity index (χ0v) is 13.7. The highest BCUT2D eigenvalue weighted by Crippen LogP contribution is 2.15. The minimum absolute atomic E-state index is 0.0212. The Kier molecular flexibility index (Phi) is 5.87. The van der Waals surface area contributed by atoms with Crippen molar-refractivity contribution in [3.8, 4) is 0 Å². The molecule has 1 aromatic heterocycles. The van der Waals surface area contributed by atoms with Gasteiger partial charge in [-0.2, -0.15) is 11.8 Å². The van der Waals surface area contributed by atoms with E-state index >= 15 is 0 Å². The molecular weight excluding hydrogens is 286 g/mol. The number of hydrogen-bond acceptors (Lipinski definition) is 5. The number of pyridine rings is 1. The van der Waals surface area contributed by atoms with Crippen LogP contribution in [0.15, 0.2) is 18.3 Å². The van der Waals surface area contributed by atoms with Gasteiger partial charge in [0, 0.05) is 25.8 Å². The summed E-state index contributed by atoms with van der Waals surface area (Å²) in [5.74, 6) is 1.03. The van der Waals surface area contributed by atoms with Crippen molar-refractivity contribution in [3.05, 3.63) is 23.9 Å². The summed E-state index contributed by atoms with van der Waals surface area (Å²) in [5.41, 5.74) is 1.02. The average Bonchev–Trinajstić information content (AvgIpc) is 2.52. The SMILES string of the molecule is CS[C@@H](C)C(=O)NCc1ccc(N2CCO[C@@H](C)C2)nc1. The number of rotatable bonds is 5. The van der Waals surface area contributed by atoms with Crippen molar-refractivity contribution in [2.24, 2.45) is 0 Å². The number of hydrogen-bond donors (Lipinski definition) is 1. The molecule has 0 bridgehead atoms. The minimum Gasteiger partial charge on any atom is -0.375 e. The van der Waals surface area contributed by atoms with Crippen LogP contribution in [0.1, 0.15) is 19.4 Å². The van der Waals surface area contributed by atoms with Crippen LogP contribution < -0.4 is 10.2 Å². The highest BCUT2D eigenvalue weighted by Gasteiger charge is 2.17. The van der Waals surface area contributed by atoms with Gasteiger partial charge in [-0.05, 0) is 31.7 Å². The first kappa shape index (κ1) is 16.1. The van der Waals surface area contributed by atoms with E-state index in [-0.39, 0.29) is 17.3 Å². The second-order valence-corrected chi connectivity index (χ2v) is 6.43. The molecule has 0 spiro atoms. The van der Waals surface area contributed by atoms with Crippen molar-refractivity contribution in [2.45, 2.75) is 31.7 Å². The second-order valence-electron chi connectivity index (χ2n) is 5.25. The lowest BCUT2D eigenvalue weighted by Gasteiger charge is -2.32. The van der Waals surface area contributed by atoms with Gasteiger partial charge in [-0.3, -0.25) is 4.79 Å². The molecule has 1 saturated heterocycles. The second kappa shape index (κ2) is 7.66. The lowest BCUT2D eigenvalue weighted by molar-refractivity contribution is -0.120. The molecule has 5 nitrogen and oxygen atoms in total. The Hall–Kier alpha value is -1.27. The summed E-state index contributed by atoms with van der Waals surface area (Å²) in [6.07, 6.45) is 4.01. The maximum atomic E-state index is 11.7. The van der Waals surface area contributed by atoms with Gasteiger partial charge in [-0.15, -0.1) is 0 Å². The number of carbonyl (C=O) groups excluding carboxylic acids is 1. The summed E-state index contributed by atoms with van der Waals surface area (Å²) in [6, 6.07) is 4.03. The quantitative estimate of drug-likeness (QED) is 0.897. The molecule has 6 heteroatoms. The van der Waals surface area contributed by atoms with E-state index in [4.69, 9.17) is 4.74 Å². The van der Waals surface area contributed by atoms with Crippen LogP contribution in [-0.2, 0) is 16.1 Å². The average molecular weight is 309 g/mol. The van der Waals surface area contributed by atoms with Crippen LogP contribution >= 0.6 is 11.8 Å². The maximum absolute atomic E-state index is 11.7. The molecule has 1 N–H and O–H groups in total. The first-order valence-corrected chi connectivity index (χ1v) is 8.51. The largest absolute Gasteiger partial charge is 0.375 e. The molecule has 0 radical (unpaired) electrons. The van der Waals surface area contributed by atoms with Crippen LogP contribution in [0.4, 0.5) is 5.82 Å². The summed E-state index contributed by atoms with van der Waals surface area (Å²) < 4.78 is 5.53. The van der Waals surface area contributed by atoms with Gasteiger partial charge in [0.2, 0.25) is 5.91 Å². The Balaban J connectivity index is 1.88. The van der Waals surface area contributed by atoms with Crippen LogP contribution in [0, 0.1) is 0 Å².